The molecule has 0 bridgehead atoms. The molecular weight excluding hydrogens is 422 g/mol. The average Bonchev–Trinajstić information content (AvgIpc) is 3.30. The second kappa shape index (κ2) is 9.67. The van der Waals surface area contributed by atoms with Crippen molar-refractivity contribution in [2.45, 2.75) is 26.7 Å². The van der Waals surface area contributed by atoms with E-state index < -0.39 is 0 Å². The number of benzene rings is 2. The van der Waals surface area contributed by atoms with E-state index >= 15 is 0 Å². The Balaban J connectivity index is 1.54. The molecule has 0 atom stereocenters. The topological polar surface area (TPSA) is 54.3 Å². The van der Waals surface area contributed by atoms with Crippen LogP contribution in [0.2, 0.25) is 0 Å². The molecule has 0 saturated carbocycles. The molecule has 2 aromatic carbocycles. The highest BCUT2D eigenvalue weighted by atomic mass is 16.2. The minimum atomic E-state index is 0.0935. The number of fused-ring (bicyclic) bond motifs is 1. The van der Waals surface area contributed by atoms with E-state index in [0.29, 0.717) is 0 Å². The third-order valence-electron chi connectivity index (χ3n) is 6.90. The van der Waals surface area contributed by atoms with Gasteiger partial charge in [0.1, 0.15) is 12.1 Å². The molecule has 3 heterocycles. The minimum Gasteiger partial charge on any atom is -0.356 e. The van der Waals surface area contributed by atoms with Gasteiger partial charge >= 0.3 is 0 Å². The number of para-hydroxylation sites is 1. The van der Waals surface area contributed by atoms with Crippen LogP contribution in [0.5, 0.6) is 0 Å². The van der Waals surface area contributed by atoms with Gasteiger partial charge in [0.25, 0.3) is 0 Å². The first kappa shape index (κ1) is 22.1. The number of piperidine rings is 1. The number of carbonyl (C=O) groups is 1. The van der Waals surface area contributed by atoms with Crippen LogP contribution in [-0.4, -0.2) is 51.5 Å². The van der Waals surface area contributed by atoms with Gasteiger partial charge in [-0.2, -0.15) is 0 Å². The van der Waals surface area contributed by atoms with Crippen molar-refractivity contribution in [1.29, 1.82) is 0 Å². The zero-order chi connectivity index (χ0) is 23.5. The molecule has 1 saturated heterocycles. The molecule has 0 spiro atoms. The van der Waals surface area contributed by atoms with Crippen LogP contribution < -0.4 is 4.90 Å². The first-order chi connectivity index (χ1) is 16.7. The van der Waals surface area contributed by atoms with Gasteiger partial charge < -0.3 is 14.4 Å². The lowest BCUT2D eigenvalue weighted by molar-refractivity contribution is -0.135. The fourth-order valence-corrected chi connectivity index (χ4v) is 5.04. The maximum atomic E-state index is 12.9. The molecule has 2 aromatic heterocycles. The summed E-state index contributed by atoms with van der Waals surface area (Å²) in [6.07, 6.45) is 5.53. The van der Waals surface area contributed by atoms with E-state index in [1.165, 1.54) is 0 Å². The van der Waals surface area contributed by atoms with Gasteiger partial charge in [-0.1, -0.05) is 48.5 Å². The van der Waals surface area contributed by atoms with Gasteiger partial charge in [-0.25, -0.2) is 9.97 Å². The first-order valence-electron chi connectivity index (χ1n) is 12.2. The summed E-state index contributed by atoms with van der Waals surface area (Å²) in [6, 6.07) is 20.7. The Morgan fingerprint density at radius 1 is 0.941 bits per heavy atom. The fourth-order valence-electron chi connectivity index (χ4n) is 5.04. The Kier molecular flexibility index (Phi) is 6.30. The second-order valence-corrected chi connectivity index (χ2v) is 8.78. The molecule has 5 rings (SSSR count). The van der Waals surface area contributed by atoms with Crippen LogP contribution in [0.25, 0.3) is 27.8 Å². The number of hydrogen-bond donors (Lipinski definition) is 0. The van der Waals surface area contributed by atoms with Crippen molar-refractivity contribution in [3.8, 4) is 16.8 Å². The van der Waals surface area contributed by atoms with E-state index in [1.54, 1.807) is 6.33 Å². The van der Waals surface area contributed by atoms with Crippen LogP contribution in [0.1, 0.15) is 26.7 Å². The Labute approximate surface area is 200 Å². The summed E-state index contributed by atoms with van der Waals surface area (Å²) in [6.45, 7) is 7.28. The van der Waals surface area contributed by atoms with E-state index in [4.69, 9.17) is 9.97 Å². The highest BCUT2D eigenvalue weighted by Crippen LogP contribution is 2.37. The Morgan fingerprint density at radius 3 is 2.24 bits per heavy atom. The number of hydrogen-bond acceptors (Lipinski definition) is 4. The summed E-state index contributed by atoms with van der Waals surface area (Å²) in [5.41, 5.74) is 4.24. The normalized spacial score (nSPS) is 14.5. The average molecular weight is 454 g/mol. The summed E-state index contributed by atoms with van der Waals surface area (Å²) >= 11 is 0. The molecule has 4 aromatic rings. The van der Waals surface area contributed by atoms with Gasteiger partial charge in [-0.15, -0.1) is 0 Å². The molecule has 0 radical (unpaired) electrons. The van der Waals surface area contributed by atoms with Gasteiger partial charge in [-0.3, -0.25) is 4.79 Å². The third-order valence-corrected chi connectivity index (χ3v) is 6.90. The van der Waals surface area contributed by atoms with Gasteiger partial charge in [0, 0.05) is 49.5 Å². The quantitative estimate of drug-likeness (QED) is 0.404. The molecular formula is C28H31N5O. The predicted octanol–water partition coefficient (Wildman–Crippen LogP) is 5.17. The van der Waals surface area contributed by atoms with Crippen LogP contribution >= 0.6 is 0 Å². The van der Waals surface area contributed by atoms with Crippen LogP contribution in [0.15, 0.2) is 73.2 Å². The molecule has 0 aliphatic carbocycles. The van der Waals surface area contributed by atoms with Gasteiger partial charge in [0.2, 0.25) is 5.91 Å². The van der Waals surface area contributed by atoms with E-state index in [1.807, 2.05) is 29.2 Å². The number of nitrogens with zero attached hydrogens (tertiary/aromatic N) is 5. The van der Waals surface area contributed by atoms with Gasteiger partial charge in [0.15, 0.2) is 5.65 Å². The zero-order valence-corrected chi connectivity index (χ0v) is 19.9. The number of rotatable bonds is 6. The van der Waals surface area contributed by atoms with Crippen LogP contribution in [0.3, 0.4) is 0 Å². The maximum absolute atomic E-state index is 12.9. The second-order valence-electron chi connectivity index (χ2n) is 8.78. The van der Waals surface area contributed by atoms with Crippen LogP contribution in [-0.2, 0) is 4.79 Å². The molecule has 34 heavy (non-hydrogen) atoms. The lowest BCUT2D eigenvalue weighted by Crippen LogP contribution is -2.42. The zero-order valence-electron chi connectivity index (χ0n) is 19.9. The third kappa shape index (κ3) is 4.04. The van der Waals surface area contributed by atoms with Crippen molar-refractivity contribution in [1.82, 2.24) is 19.4 Å². The molecule has 6 nitrogen and oxygen atoms in total. The Morgan fingerprint density at radius 2 is 1.59 bits per heavy atom. The van der Waals surface area contributed by atoms with Crippen molar-refractivity contribution in [2.75, 3.05) is 31.1 Å². The van der Waals surface area contributed by atoms with Crippen molar-refractivity contribution in [3.63, 3.8) is 0 Å². The lowest BCUT2D eigenvalue weighted by Gasteiger charge is -2.34. The number of aromatic nitrogens is 3. The number of amides is 1. The molecule has 1 aliphatic rings. The summed E-state index contributed by atoms with van der Waals surface area (Å²) < 4.78 is 2.15. The van der Waals surface area contributed by atoms with Crippen LogP contribution in [0, 0.1) is 5.92 Å². The number of anilines is 1. The number of carbonyl (C=O) groups excluding carboxylic acids is 1. The van der Waals surface area contributed by atoms with E-state index in [9.17, 15) is 4.79 Å². The summed E-state index contributed by atoms with van der Waals surface area (Å²) in [5, 5.41) is 1.06. The molecule has 0 N–H and O–H groups in total. The Bertz CT molecular complexity index is 1260. The van der Waals surface area contributed by atoms with E-state index in [-0.39, 0.29) is 11.8 Å². The fraction of sp³-hybridized carbons (Fsp3) is 0.321. The largest absolute Gasteiger partial charge is 0.356 e. The lowest BCUT2D eigenvalue weighted by atomic mass is 9.95. The Hall–Kier alpha value is -3.67. The standard InChI is InChI=1S/C28H31N5O/c1-3-31(4-2)28(34)22-15-17-32(18-16-22)26-25-24(21-11-7-5-8-12-21)19-33(27(25)30-20-29-26)23-13-9-6-10-14-23/h5-14,19-20,22H,3-4,15-18H2,1-2H3. The van der Waals surface area contributed by atoms with Crippen molar-refractivity contribution < 1.29 is 4.79 Å². The van der Waals surface area contributed by atoms with Crippen molar-refractivity contribution in [2.24, 2.45) is 5.92 Å². The van der Waals surface area contributed by atoms with E-state index in [2.05, 4.69) is 65.9 Å². The summed E-state index contributed by atoms with van der Waals surface area (Å²) in [5.74, 6) is 1.33. The van der Waals surface area contributed by atoms with Crippen molar-refractivity contribution in [3.05, 3.63) is 73.2 Å². The maximum Gasteiger partial charge on any atom is 0.225 e. The summed E-state index contributed by atoms with van der Waals surface area (Å²) in [7, 11) is 0. The van der Waals surface area contributed by atoms with E-state index in [0.717, 1.165) is 72.7 Å². The molecule has 1 aliphatic heterocycles. The molecule has 1 amide bonds. The van der Waals surface area contributed by atoms with Crippen molar-refractivity contribution >= 4 is 22.8 Å². The molecule has 1 fully saturated rings. The highest BCUT2D eigenvalue weighted by Gasteiger charge is 2.29. The molecule has 174 valence electrons. The first-order valence-corrected chi connectivity index (χ1v) is 12.2. The van der Waals surface area contributed by atoms with Crippen LogP contribution in [0.4, 0.5) is 5.82 Å². The monoisotopic (exact) mass is 453 g/mol. The minimum absolute atomic E-state index is 0.0935. The molecule has 6 heteroatoms. The highest BCUT2D eigenvalue weighted by molar-refractivity contribution is 6.02. The van der Waals surface area contributed by atoms with Gasteiger partial charge in [0.05, 0.1) is 5.39 Å². The molecule has 0 unspecified atom stereocenters. The van der Waals surface area contributed by atoms with Gasteiger partial charge in [-0.05, 0) is 44.4 Å². The SMILES string of the molecule is CCN(CC)C(=O)C1CCN(c2ncnc3c2c(-c2ccccc2)cn3-c2ccccc2)CC1. The summed E-state index contributed by atoms with van der Waals surface area (Å²) in [4.78, 5) is 26.7. The smallest absolute Gasteiger partial charge is 0.225 e. The predicted molar refractivity (Wildman–Crippen MR) is 137 cm³/mol.